The number of amidine groups is 1. The van der Waals surface area contributed by atoms with Crippen LogP contribution >= 0.6 is 27.7 Å². The van der Waals surface area contributed by atoms with Crippen molar-refractivity contribution in [2.75, 3.05) is 11.1 Å². The number of halogens is 4. The van der Waals surface area contributed by atoms with Gasteiger partial charge in [-0.05, 0) is 38.5 Å². The van der Waals surface area contributed by atoms with Crippen molar-refractivity contribution < 1.29 is 13.2 Å². The summed E-state index contributed by atoms with van der Waals surface area (Å²) in [6, 6.07) is 3.76. The summed E-state index contributed by atoms with van der Waals surface area (Å²) in [5.41, 5.74) is -0.474. The molecule has 1 aromatic rings. The Kier molecular flexibility index (Phi) is 4.39. The van der Waals surface area contributed by atoms with Crippen LogP contribution in [0.4, 0.5) is 18.9 Å². The molecule has 1 heterocycles. The molecule has 0 aromatic heterocycles. The molecule has 2 nitrogen and oxygen atoms in total. The van der Waals surface area contributed by atoms with E-state index in [9.17, 15) is 13.2 Å². The van der Waals surface area contributed by atoms with Gasteiger partial charge in [-0.1, -0.05) is 27.7 Å². The molecule has 20 heavy (non-hydrogen) atoms. The number of hydrogen-bond acceptors (Lipinski definition) is 3. The van der Waals surface area contributed by atoms with E-state index in [0.717, 1.165) is 24.3 Å². The Morgan fingerprint density at radius 2 is 2.00 bits per heavy atom. The minimum atomic E-state index is -4.36. The first-order valence-electron chi connectivity index (χ1n) is 6.03. The summed E-state index contributed by atoms with van der Waals surface area (Å²) in [5.74, 6) is 0.902. The predicted octanol–water partition coefficient (Wildman–Crippen LogP) is 5.15. The standard InChI is InChI=1S/C13H14BrF3N2S/c1-12(2)3-4-20-11(19-12)18-10-6-8(13(15,16)17)5-9(14)7-10/h5-7H,3-4H2,1-2H3,(H,18,19). The molecule has 1 aliphatic rings. The molecule has 0 atom stereocenters. The Morgan fingerprint density at radius 3 is 2.60 bits per heavy atom. The molecule has 0 saturated carbocycles. The van der Waals surface area contributed by atoms with Gasteiger partial charge in [0.15, 0.2) is 5.17 Å². The first kappa shape index (κ1) is 15.7. The highest BCUT2D eigenvalue weighted by Crippen LogP contribution is 2.34. The zero-order valence-corrected chi connectivity index (χ0v) is 13.4. The Hall–Kier alpha value is -0.690. The molecule has 1 aliphatic heterocycles. The first-order valence-corrected chi connectivity index (χ1v) is 7.81. The monoisotopic (exact) mass is 366 g/mol. The lowest BCUT2D eigenvalue weighted by Gasteiger charge is -2.26. The van der Waals surface area contributed by atoms with Crippen LogP contribution in [0, 0.1) is 0 Å². The fourth-order valence-corrected chi connectivity index (χ4v) is 3.56. The van der Waals surface area contributed by atoms with Crippen molar-refractivity contribution in [3.63, 3.8) is 0 Å². The average Bonchev–Trinajstić information content (AvgIpc) is 2.25. The Bertz CT molecular complexity index is 541. The largest absolute Gasteiger partial charge is 0.416 e. The van der Waals surface area contributed by atoms with Crippen molar-refractivity contribution in [2.24, 2.45) is 4.99 Å². The van der Waals surface area contributed by atoms with E-state index in [1.54, 1.807) is 6.07 Å². The van der Waals surface area contributed by atoms with Gasteiger partial charge in [-0.15, -0.1) is 0 Å². The van der Waals surface area contributed by atoms with Crippen LogP contribution in [0.15, 0.2) is 27.7 Å². The number of hydrogen-bond donors (Lipinski definition) is 1. The molecule has 0 spiro atoms. The van der Waals surface area contributed by atoms with Crippen LogP contribution in [-0.4, -0.2) is 16.5 Å². The van der Waals surface area contributed by atoms with Crippen molar-refractivity contribution in [1.29, 1.82) is 0 Å². The molecule has 0 aliphatic carbocycles. The predicted molar refractivity (Wildman–Crippen MR) is 81.4 cm³/mol. The van der Waals surface area contributed by atoms with Gasteiger partial charge in [-0.2, -0.15) is 13.2 Å². The quantitative estimate of drug-likeness (QED) is 0.742. The molecule has 7 heteroatoms. The summed E-state index contributed by atoms with van der Waals surface area (Å²) in [6.45, 7) is 4.02. The van der Waals surface area contributed by atoms with Crippen molar-refractivity contribution in [2.45, 2.75) is 32.0 Å². The first-order chi connectivity index (χ1) is 9.16. The molecule has 0 unspecified atom stereocenters. The molecular formula is C13H14BrF3N2S. The topological polar surface area (TPSA) is 24.4 Å². The summed E-state index contributed by atoms with van der Waals surface area (Å²) in [6.07, 6.45) is -3.41. The number of anilines is 1. The molecule has 0 fully saturated rings. The number of nitrogens with zero attached hydrogens (tertiary/aromatic N) is 1. The van der Waals surface area contributed by atoms with Gasteiger partial charge >= 0.3 is 6.18 Å². The maximum atomic E-state index is 12.8. The Balaban J connectivity index is 2.26. The molecule has 0 radical (unpaired) electrons. The SMILES string of the molecule is CC1(C)CCSC(Nc2cc(Br)cc(C(F)(F)F)c2)=N1. The molecule has 0 saturated heterocycles. The third-order valence-corrected chi connectivity index (χ3v) is 4.17. The smallest absolute Gasteiger partial charge is 0.335 e. The van der Waals surface area contributed by atoms with Crippen LogP contribution in [0.25, 0.3) is 0 Å². The van der Waals surface area contributed by atoms with Gasteiger partial charge in [0.25, 0.3) is 0 Å². The minimum absolute atomic E-state index is 0.174. The van der Waals surface area contributed by atoms with Crippen molar-refractivity contribution in [1.82, 2.24) is 0 Å². The second-order valence-corrected chi connectivity index (χ2v) is 7.18. The molecule has 1 aromatic carbocycles. The number of alkyl halides is 3. The second-order valence-electron chi connectivity index (χ2n) is 5.18. The lowest BCUT2D eigenvalue weighted by Crippen LogP contribution is -2.27. The van der Waals surface area contributed by atoms with Crippen LogP contribution in [0.2, 0.25) is 0 Å². The highest BCUT2D eigenvalue weighted by atomic mass is 79.9. The molecular weight excluding hydrogens is 353 g/mol. The summed E-state index contributed by atoms with van der Waals surface area (Å²) >= 11 is 4.63. The van der Waals surface area contributed by atoms with Gasteiger partial charge in [0.1, 0.15) is 0 Å². The third-order valence-electron chi connectivity index (χ3n) is 2.83. The number of benzene rings is 1. The zero-order valence-electron chi connectivity index (χ0n) is 11.0. The molecule has 1 N–H and O–H groups in total. The number of aliphatic imine (C=N–C) groups is 1. The van der Waals surface area contributed by atoms with Crippen molar-refractivity contribution in [3.05, 3.63) is 28.2 Å². The Morgan fingerprint density at radius 1 is 1.30 bits per heavy atom. The average molecular weight is 367 g/mol. The maximum Gasteiger partial charge on any atom is 0.416 e. The lowest BCUT2D eigenvalue weighted by atomic mass is 10.0. The molecule has 0 bridgehead atoms. The van der Waals surface area contributed by atoms with Crippen LogP contribution in [0.1, 0.15) is 25.8 Å². The van der Waals surface area contributed by atoms with E-state index in [1.165, 1.54) is 11.8 Å². The highest BCUT2D eigenvalue weighted by Gasteiger charge is 2.31. The van der Waals surface area contributed by atoms with E-state index in [1.807, 2.05) is 13.8 Å². The summed E-state index contributed by atoms with van der Waals surface area (Å²) in [7, 11) is 0. The van der Waals surface area contributed by atoms with Gasteiger partial charge in [-0.3, -0.25) is 4.99 Å². The van der Waals surface area contributed by atoms with Gasteiger partial charge < -0.3 is 5.32 Å². The number of thioether (sulfide) groups is 1. The summed E-state index contributed by atoms with van der Waals surface area (Å²) < 4.78 is 38.7. The van der Waals surface area contributed by atoms with E-state index in [4.69, 9.17) is 0 Å². The van der Waals surface area contributed by atoms with E-state index < -0.39 is 11.7 Å². The molecule has 110 valence electrons. The van der Waals surface area contributed by atoms with Crippen molar-refractivity contribution >= 4 is 38.5 Å². The maximum absolute atomic E-state index is 12.8. The fraction of sp³-hybridized carbons (Fsp3) is 0.462. The zero-order chi connectivity index (χ0) is 15.0. The second kappa shape index (κ2) is 5.60. The third kappa shape index (κ3) is 4.15. The van der Waals surface area contributed by atoms with E-state index in [0.29, 0.717) is 15.3 Å². The number of rotatable bonds is 1. The summed E-state index contributed by atoms with van der Waals surface area (Å²) in [4.78, 5) is 4.50. The Labute approximate surface area is 128 Å². The lowest BCUT2D eigenvalue weighted by molar-refractivity contribution is -0.137. The molecule has 0 amide bonds. The summed E-state index contributed by atoms with van der Waals surface area (Å²) in [5, 5.41) is 3.63. The van der Waals surface area contributed by atoms with E-state index >= 15 is 0 Å². The van der Waals surface area contributed by atoms with Crippen LogP contribution < -0.4 is 5.32 Å². The van der Waals surface area contributed by atoms with Crippen LogP contribution in [0.3, 0.4) is 0 Å². The van der Waals surface area contributed by atoms with E-state index in [2.05, 4.69) is 26.2 Å². The van der Waals surface area contributed by atoms with Crippen LogP contribution in [0.5, 0.6) is 0 Å². The fourth-order valence-electron chi connectivity index (χ4n) is 1.77. The number of nitrogens with one attached hydrogen (secondary N) is 1. The minimum Gasteiger partial charge on any atom is -0.335 e. The highest BCUT2D eigenvalue weighted by molar-refractivity contribution is 9.10. The van der Waals surface area contributed by atoms with Gasteiger partial charge in [-0.25, -0.2) is 0 Å². The molecule has 2 rings (SSSR count). The van der Waals surface area contributed by atoms with E-state index in [-0.39, 0.29) is 5.54 Å². The van der Waals surface area contributed by atoms with Crippen molar-refractivity contribution in [3.8, 4) is 0 Å². The van der Waals surface area contributed by atoms with Gasteiger partial charge in [0.2, 0.25) is 0 Å². The van der Waals surface area contributed by atoms with Gasteiger partial charge in [0.05, 0.1) is 11.1 Å². The van der Waals surface area contributed by atoms with Crippen LogP contribution in [-0.2, 0) is 6.18 Å². The van der Waals surface area contributed by atoms with Gasteiger partial charge in [0, 0.05) is 15.9 Å². The normalized spacial score (nSPS) is 18.6.